The molecular formula is C22H26ClNO3. The lowest BCUT2D eigenvalue weighted by atomic mass is 9.87. The minimum absolute atomic E-state index is 0.162. The summed E-state index contributed by atoms with van der Waals surface area (Å²) in [4.78, 5) is 15.0. The lowest BCUT2D eigenvalue weighted by Gasteiger charge is -2.38. The lowest BCUT2D eigenvalue weighted by Crippen LogP contribution is -2.41. The van der Waals surface area contributed by atoms with Crippen LogP contribution in [0.4, 0.5) is 0 Å². The first-order chi connectivity index (χ1) is 12.9. The van der Waals surface area contributed by atoms with E-state index in [0.29, 0.717) is 35.4 Å². The molecule has 0 saturated heterocycles. The van der Waals surface area contributed by atoms with E-state index < -0.39 is 0 Å². The Labute approximate surface area is 166 Å². The maximum atomic E-state index is 13.0. The fraction of sp³-hybridized carbons (Fsp3) is 0.409. The summed E-state index contributed by atoms with van der Waals surface area (Å²) in [5.74, 6) is 1.85. The summed E-state index contributed by atoms with van der Waals surface area (Å²) in [5, 5.41) is 0.663. The molecule has 1 aliphatic heterocycles. The molecule has 1 aliphatic rings. The molecule has 0 saturated carbocycles. The average Bonchev–Trinajstić information content (AvgIpc) is 2.65. The molecule has 0 N–H and O–H groups in total. The van der Waals surface area contributed by atoms with E-state index in [-0.39, 0.29) is 11.9 Å². The number of halogens is 1. The van der Waals surface area contributed by atoms with Crippen LogP contribution in [0.2, 0.25) is 5.02 Å². The van der Waals surface area contributed by atoms with Crippen molar-refractivity contribution in [2.45, 2.75) is 32.7 Å². The number of carbonyl (C=O) groups is 1. The molecule has 27 heavy (non-hydrogen) atoms. The number of ether oxygens (including phenoxy) is 2. The van der Waals surface area contributed by atoms with Gasteiger partial charge in [-0.15, -0.1) is 0 Å². The number of nitrogens with zero attached hydrogens (tertiary/aromatic N) is 1. The Morgan fingerprint density at radius 2 is 1.89 bits per heavy atom. The summed E-state index contributed by atoms with van der Waals surface area (Å²) in [5.41, 5.74) is 3.25. The molecular weight excluding hydrogens is 362 g/mol. The molecule has 0 fully saturated rings. The van der Waals surface area contributed by atoms with Crippen LogP contribution in [0, 0.1) is 5.92 Å². The number of carbonyl (C=O) groups excluding carboxylic acids is 1. The number of amides is 1. The highest BCUT2D eigenvalue weighted by Crippen LogP contribution is 2.41. The van der Waals surface area contributed by atoms with E-state index >= 15 is 0 Å². The molecule has 3 rings (SSSR count). The van der Waals surface area contributed by atoms with Crippen molar-refractivity contribution in [1.82, 2.24) is 4.90 Å². The fourth-order valence-corrected chi connectivity index (χ4v) is 3.92. The van der Waals surface area contributed by atoms with E-state index in [9.17, 15) is 4.79 Å². The third-order valence-electron chi connectivity index (χ3n) is 4.94. The van der Waals surface area contributed by atoms with E-state index in [1.165, 1.54) is 5.56 Å². The van der Waals surface area contributed by atoms with Crippen LogP contribution in [0.15, 0.2) is 36.4 Å². The highest BCUT2D eigenvalue weighted by molar-refractivity contribution is 6.30. The smallest absolute Gasteiger partial charge is 0.223 e. The Hall–Kier alpha value is -2.20. The largest absolute Gasteiger partial charge is 0.493 e. The molecule has 4 nitrogen and oxygen atoms in total. The third-order valence-corrected chi connectivity index (χ3v) is 5.18. The Bertz CT molecular complexity index is 834. The van der Waals surface area contributed by atoms with Crippen molar-refractivity contribution in [3.63, 3.8) is 0 Å². The van der Waals surface area contributed by atoms with Gasteiger partial charge >= 0.3 is 0 Å². The average molecular weight is 388 g/mol. The van der Waals surface area contributed by atoms with Crippen molar-refractivity contribution in [2.75, 3.05) is 20.8 Å². The van der Waals surface area contributed by atoms with E-state index in [4.69, 9.17) is 21.1 Å². The molecule has 0 aliphatic carbocycles. The maximum Gasteiger partial charge on any atom is 0.223 e. The Morgan fingerprint density at radius 1 is 1.19 bits per heavy atom. The second kappa shape index (κ2) is 8.22. The quantitative estimate of drug-likeness (QED) is 0.734. The van der Waals surface area contributed by atoms with Gasteiger partial charge in [0.1, 0.15) is 0 Å². The summed E-state index contributed by atoms with van der Waals surface area (Å²) in [6.45, 7) is 4.81. The van der Waals surface area contributed by atoms with Gasteiger partial charge in [0.15, 0.2) is 11.5 Å². The predicted octanol–water partition coefficient (Wildman–Crippen LogP) is 4.88. The number of benzene rings is 2. The molecule has 144 valence electrons. The zero-order chi connectivity index (χ0) is 19.6. The monoisotopic (exact) mass is 387 g/mol. The van der Waals surface area contributed by atoms with E-state index in [1.54, 1.807) is 14.2 Å². The summed E-state index contributed by atoms with van der Waals surface area (Å²) in [7, 11) is 3.27. The molecule has 0 bridgehead atoms. The highest BCUT2D eigenvalue weighted by Gasteiger charge is 2.33. The molecule has 2 aromatic rings. The highest BCUT2D eigenvalue weighted by atomic mass is 35.5. The van der Waals surface area contributed by atoms with Crippen LogP contribution in [0.3, 0.4) is 0 Å². The Balaban J connectivity index is 2.13. The van der Waals surface area contributed by atoms with Crippen LogP contribution in [0.25, 0.3) is 0 Å². The van der Waals surface area contributed by atoms with Crippen LogP contribution in [-0.4, -0.2) is 31.6 Å². The topological polar surface area (TPSA) is 38.8 Å². The van der Waals surface area contributed by atoms with Crippen molar-refractivity contribution in [3.8, 4) is 11.5 Å². The van der Waals surface area contributed by atoms with Crippen molar-refractivity contribution >= 4 is 17.5 Å². The molecule has 1 amide bonds. The SMILES string of the molecule is COc1cc2c(cc1OC)C(c1cccc(Cl)c1)N(C(=O)CC(C)C)CC2. The van der Waals surface area contributed by atoms with E-state index in [0.717, 1.165) is 17.5 Å². The summed E-state index contributed by atoms with van der Waals surface area (Å²) in [6, 6.07) is 11.6. The second-order valence-corrected chi connectivity index (χ2v) is 7.74. The van der Waals surface area contributed by atoms with E-state index in [2.05, 4.69) is 13.8 Å². The molecule has 2 aromatic carbocycles. The zero-order valence-electron chi connectivity index (χ0n) is 16.3. The van der Waals surface area contributed by atoms with Crippen LogP contribution in [-0.2, 0) is 11.2 Å². The summed E-state index contributed by atoms with van der Waals surface area (Å²) in [6.07, 6.45) is 1.32. The number of fused-ring (bicyclic) bond motifs is 1. The Kier molecular flexibility index (Phi) is 5.95. The summed E-state index contributed by atoms with van der Waals surface area (Å²) < 4.78 is 11.0. The number of rotatable bonds is 5. The molecule has 0 spiro atoms. The van der Waals surface area contributed by atoms with Crippen LogP contribution in [0.5, 0.6) is 11.5 Å². The van der Waals surface area contributed by atoms with Crippen LogP contribution >= 0.6 is 11.6 Å². The van der Waals surface area contributed by atoms with Gasteiger partial charge in [0.2, 0.25) is 5.91 Å². The van der Waals surface area contributed by atoms with Gasteiger partial charge in [-0.2, -0.15) is 0 Å². The summed E-state index contributed by atoms with van der Waals surface area (Å²) >= 11 is 6.26. The van der Waals surface area contributed by atoms with Crippen molar-refractivity contribution in [1.29, 1.82) is 0 Å². The normalized spacial score (nSPS) is 16.2. The first-order valence-corrected chi connectivity index (χ1v) is 9.62. The lowest BCUT2D eigenvalue weighted by molar-refractivity contribution is -0.134. The number of hydrogen-bond donors (Lipinski definition) is 0. The fourth-order valence-electron chi connectivity index (χ4n) is 3.72. The van der Waals surface area contributed by atoms with Gasteiger partial charge in [0, 0.05) is 18.0 Å². The van der Waals surface area contributed by atoms with Crippen molar-refractivity contribution in [2.24, 2.45) is 5.92 Å². The second-order valence-electron chi connectivity index (χ2n) is 7.30. The number of hydrogen-bond acceptors (Lipinski definition) is 3. The molecule has 1 heterocycles. The van der Waals surface area contributed by atoms with Gasteiger partial charge in [-0.1, -0.05) is 37.6 Å². The van der Waals surface area contributed by atoms with E-state index in [1.807, 2.05) is 41.3 Å². The van der Waals surface area contributed by atoms with Gasteiger partial charge in [-0.25, -0.2) is 0 Å². The zero-order valence-corrected chi connectivity index (χ0v) is 17.0. The van der Waals surface area contributed by atoms with Gasteiger partial charge in [0.05, 0.1) is 20.3 Å². The van der Waals surface area contributed by atoms with Gasteiger partial charge < -0.3 is 14.4 Å². The van der Waals surface area contributed by atoms with Gasteiger partial charge in [-0.05, 0) is 53.3 Å². The molecule has 1 unspecified atom stereocenters. The minimum atomic E-state index is -0.182. The molecule has 1 atom stereocenters. The molecule has 0 radical (unpaired) electrons. The first kappa shape index (κ1) is 19.6. The Morgan fingerprint density at radius 3 is 2.52 bits per heavy atom. The van der Waals surface area contributed by atoms with Crippen LogP contribution in [0.1, 0.15) is 43.0 Å². The van der Waals surface area contributed by atoms with Gasteiger partial charge in [-0.3, -0.25) is 4.79 Å². The van der Waals surface area contributed by atoms with Crippen molar-refractivity contribution in [3.05, 3.63) is 58.1 Å². The maximum absolute atomic E-state index is 13.0. The van der Waals surface area contributed by atoms with Crippen molar-refractivity contribution < 1.29 is 14.3 Å². The molecule has 0 aromatic heterocycles. The van der Waals surface area contributed by atoms with Gasteiger partial charge in [0.25, 0.3) is 0 Å². The molecule has 5 heteroatoms. The predicted molar refractivity (Wildman–Crippen MR) is 108 cm³/mol. The minimum Gasteiger partial charge on any atom is -0.493 e. The first-order valence-electron chi connectivity index (χ1n) is 9.24. The third kappa shape index (κ3) is 4.06. The van der Waals surface area contributed by atoms with Crippen LogP contribution < -0.4 is 9.47 Å². The standard InChI is InChI=1S/C22H26ClNO3/c1-14(2)10-21(25)24-9-8-15-12-19(26-3)20(27-4)13-18(15)22(24)16-6-5-7-17(23)11-16/h5-7,11-14,22H,8-10H2,1-4H3. The number of methoxy groups -OCH3 is 2.